The highest BCUT2D eigenvalue weighted by Crippen LogP contribution is 2.31. The minimum absolute atomic E-state index is 0.472. The van der Waals surface area contributed by atoms with Crippen LogP contribution in [-0.2, 0) is 12.1 Å². The van der Waals surface area contributed by atoms with E-state index in [4.69, 9.17) is 23.2 Å². The van der Waals surface area contributed by atoms with E-state index in [0.717, 1.165) is 12.2 Å². The lowest BCUT2D eigenvalue weighted by Gasteiger charge is -2.21. The number of H-pyrrole nitrogens is 1. The molecule has 0 aliphatic carbocycles. The van der Waals surface area contributed by atoms with Crippen molar-refractivity contribution in [3.63, 3.8) is 0 Å². The first kappa shape index (κ1) is 13.8. The predicted octanol–water partition coefficient (Wildman–Crippen LogP) is 1.60. The van der Waals surface area contributed by atoms with E-state index in [-0.39, 0.29) is 0 Å². The molecular weight excluding hydrogens is 301 g/mol. The van der Waals surface area contributed by atoms with Crippen LogP contribution in [0.1, 0.15) is 17.8 Å². The molecule has 1 aliphatic heterocycles. The van der Waals surface area contributed by atoms with Gasteiger partial charge in [0.25, 0.3) is 0 Å². The molecule has 1 unspecified atom stereocenters. The first-order valence-corrected chi connectivity index (χ1v) is 6.93. The number of nitrogens with one attached hydrogen (secondary N) is 1. The van der Waals surface area contributed by atoms with E-state index in [9.17, 15) is 5.11 Å². The summed E-state index contributed by atoms with van der Waals surface area (Å²) in [6, 6.07) is 1.67. The summed E-state index contributed by atoms with van der Waals surface area (Å²) in [6.07, 6.45) is 3.73. The van der Waals surface area contributed by atoms with E-state index < -0.39 is 5.60 Å². The smallest absolute Gasteiger partial charge is 0.124 e. The monoisotopic (exact) mass is 313 g/mol. The van der Waals surface area contributed by atoms with E-state index in [1.165, 1.54) is 0 Å². The number of aromatic amines is 1. The highest BCUT2D eigenvalue weighted by molar-refractivity contribution is 6.34. The summed E-state index contributed by atoms with van der Waals surface area (Å²) >= 11 is 11.9. The Bertz CT molecular complexity index is 606. The number of hydrogen-bond donors (Lipinski definition) is 2. The Morgan fingerprint density at radius 3 is 2.95 bits per heavy atom. The molecular formula is C12H13Cl2N5O. The Kier molecular flexibility index (Phi) is 3.64. The molecule has 20 heavy (non-hydrogen) atoms. The number of hydrogen-bond acceptors (Lipinski definition) is 5. The summed E-state index contributed by atoms with van der Waals surface area (Å²) in [5.41, 5.74) is 0.349. The topological polar surface area (TPSA) is 77.9 Å². The van der Waals surface area contributed by atoms with Crippen LogP contribution in [0.5, 0.6) is 0 Å². The van der Waals surface area contributed by atoms with Crippen LogP contribution in [-0.4, -0.2) is 43.5 Å². The number of aliphatic hydroxyl groups is 1. The third-order valence-corrected chi connectivity index (χ3v) is 4.01. The van der Waals surface area contributed by atoms with E-state index in [1.807, 2.05) is 0 Å². The Morgan fingerprint density at radius 1 is 1.40 bits per heavy atom. The molecule has 1 atom stereocenters. The van der Waals surface area contributed by atoms with E-state index in [0.29, 0.717) is 35.2 Å². The first-order chi connectivity index (χ1) is 9.57. The number of β-amino-alcohol motifs (C(OH)–C–C–N with tert-alkyl or cyclic N) is 1. The molecule has 2 aromatic heterocycles. The van der Waals surface area contributed by atoms with Crippen LogP contribution >= 0.6 is 23.2 Å². The highest BCUT2D eigenvalue weighted by atomic mass is 35.5. The molecule has 6 nitrogen and oxygen atoms in total. The number of nitrogens with zero attached hydrogens (tertiary/aromatic N) is 4. The van der Waals surface area contributed by atoms with Gasteiger partial charge in [-0.2, -0.15) is 15.4 Å². The van der Waals surface area contributed by atoms with Crippen LogP contribution in [0, 0.1) is 0 Å². The van der Waals surface area contributed by atoms with Crippen LogP contribution in [0.2, 0.25) is 10.0 Å². The highest BCUT2D eigenvalue weighted by Gasteiger charge is 2.39. The number of rotatable bonds is 3. The van der Waals surface area contributed by atoms with Gasteiger partial charge in [-0.1, -0.05) is 23.2 Å². The second kappa shape index (κ2) is 5.29. The van der Waals surface area contributed by atoms with Gasteiger partial charge in [-0.05, 0) is 12.5 Å². The van der Waals surface area contributed by atoms with Crippen molar-refractivity contribution in [2.75, 3.05) is 13.1 Å². The van der Waals surface area contributed by atoms with Crippen LogP contribution in [0.3, 0.4) is 0 Å². The van der Waals surface area contributed by atoms with Gasteiger partial charge in [0.05, 0.1) is 21.9 Å². The van der Waals surface area contributed by atoms with Crippen molar-refractivity contribution < 1.29 is 5.11 Å². The van der Waals surface area contributed by atoms with Gasteiger partial charge in [-0.25, -0.2) is 0 Å². The van der Waals surface area contributed by atoms with Gasteiger partial charge in [0.2, 0.25) is 0 Å². The van der Waals surface area contributed by atoms with Crippen molar-refractivity contribution in [1.82, 2.24) is 25.3 Å². The Morgan fingerprint density at radius 2 is 2.25 bits per heavy atom. The van der Waals surface area contributed by atoms with Gasteiger partial charge in [-0.3, -0.25) is 9.88 Å². The molecule has 1 aliphatic rings. The zero-order valence-electron chi connectivity index (χ0n) is 10.6. The molecule has 0 aromatic carbocycles. The maximum absolute atomic E-state index is 10.6. The van der Waals surface area contributed by atoms with Crippen LogP contribution in [0.15, 0.2) is 18.5 Å². The number of likely N-dealkylation sites (tertiary alicyclic amines) is 1. The van der Waals surface area contributed by atoms with Gasteiger partial charge in [0.1, 0.15) is 11.3 Å². The molecule has 0 radical (unpaired) electrons. The fourth-order valence-electron chi connectivity index (χ4n) is 2.41. The normalized spacial score (nSPS) is 23.4. The van der Waals surface area contributed by atoms with Crippen molar-refractivity contribution in [2.24, 2.45) is 0 Å². The maximum Gasteiger partial charge on any atom is 0.124 e. The third kappa shape index (κ3) is 2.64. The fraction of sp³-hybridized carbons (Fsp3) is 0.417. The number of aromatic nitrogens is 4. The molecule has 2 N–H and O–H groups in total. The summed E-state index contributed by atoms with van der Waals surface area (Å²) in [4.78, 5) is 6.31. The molecule has 2 aromatic rings. The van der Waals surface area contributed by atoms with Crippen molar-refractivity contribution in [2.45, 2.75) is 18.6 Å². The summed E-state index contributed by atoms with van der Waals surface area (Å²) in [5.74, 6) is 0. The molecule has 0 saturated carbocycles. The average molecular weight is 314 g/mol. The quantitative estimate of drug-likeness (QED) is 0.900. The van der Waals surface area contributed by atoms with Gasteiger partial charge in [0.15, 0.2) is 0 Å². The largest absolute Gasteiger partial charge is 0.382 e. The second-order valence-corrected chi connectivity index (χ2v) is 5.77. The zero-order valence-corrected chi connectivity index (χ0v) is 12.1. The van der Waals surface area contributed by atoms with E-state index >= 15 is 0 Å². The summed E-state index contributed by atoms with van der Waals surface area (Å²) in [7, 11) is 0. The predicted molar refractivity (Wildman–Crippen MR) is 74.4 cm³/mol. The van der Waals surface area contributed by atoms with Gasteiger partial charge in [-0.15, -0.1) is 0 Å². The molecule has 3 heterocycles. The van der Waals surface area contributed by atoms with E-state index in [2.05, 4.69) is 25.3 Å². The van der Waals surface area contributed by atoms with Crippen molar-refractivity contribution in [3.8, 4) is 0 Å². The Hall–Kier alpha value is -1.21. The molecule has 0 bridgehead atoms. The van der Waals surface area contributed by atoms with Crippen molar-refractivity contribution >= 4 is 23.2 Å². The lowest BCUT2D eigenvalue weighted by Crippen LogP contribution is -2.31. The fourth-order valence-corrected chi connectivity index (χ4v) is 2.85. The average Bonchev–Trinajstić information content (AvgIpc) is 3.03. The van der Waals surface area contributed by atoms with Crippen LogP contribution in [0.4, 0.5) is 0 Å². The Balaban J connectivity index is 1.72. The number of halogens is 2. The van der Waals surface area contributed by atoms with Crippen molar-refractivity contribution in [1.29, 1.82) is 0 Å². The lowest BCUT2D eigenvalue weighted by molar-refractivity contribution is 0.0407. The Labute approximate surface area is 125 Å². The van der Waals surface area contributed by atoms with E-state index in [1.54, 1.807) is 18.5 Å². The minimum Gasteiger partial charge on any atom is -0.382 e. The summed E-state index contributed by atoms with van der Waals surface area (Å²) in [5, 5.41) is 21.9. The maximum atomic E-state index is 10.6. The third-order valence-electron chi connectivity index (χ3n) is 3.48. The van der Waals surface area contributed by atoms with Gasteiger partial charge in [0, 0.05) is 25.8 Å². The van der Waals surface area contributed by atoms with Crippen LogP contribution < -0.4 is 0 Å². The molecule has 8 heteroatoms. The SMILES string of the molecule is OC1(c2cn[nH]n2)CCN(Cc2ncc(Cl)cc2Cl)C1. The first-order valence-electron chi connectivity index (χ1n) is 6.18. The van der Waals surface area contributed by atoms with Gasteiger partial charge < -0.3 is 5.11 Å². The second-order valence-electron chi connectivity index (χ2n) is 4.93. The molecule has 0 spiro atoms. The molecule has 3 rings (SSSR count). The minimum atomic E-state index is -0.966. The molecule has 1 fully saturated rings. The van der Waals surface area contributed by atoms with Crippen molar-refractivity contribution in [3.05, 3.63) is 39.9 Å². The zero-order chi connectivity index (χ0) is 14.2. The van der Waals surface area contributed by atoms with Gasteiger partial charge >= 0.3 is 0 Å². The molecule has 0 amide bonds. The molecule has 106 valence electrons. The molecule has 1 saturated heterocycles. The number of pyridine rings is 1. The lowest BCUT2D eigenvalue weighted by atomic mass is 10.0. The summed E-state index contributed by atoms with van der Waals surface area (Å²) in [6.45, 7) is 1.78. The standard InChI is InChI=1S/C12H13Cl2N5O/c13-8-3-9(14)10(15-4-8)6-19-2-1-12(20,7-19)11-5-16-18-17-11/h3-5,20H,1-2,6-7H2,(H,16,17,18). The summed E-state index contributed by atoms with van der Waals surface area (Å²) < 4.78 is 0. The van der Waals surface area contributed by atoms with Crippen LogP contribution in [0.25, 0.3) is 0 Å².